The third kappa shape index (κ3) is 6.17. The fraction of sp³-hybridized carbons (Fsp3) is 0.333. The van der Waals surface area contributed by atoms with E-state index in [0.717, 1.165) is 68.3 Å². The van der Waals surface area contributed by atoms with E-state index in [1.165, 1.54) is 11.1 Å². The molecule has 2 unspecified atom stereocenters. The fourth-order valence-electron chi connectivity index (χ4n) is 6.28. The van der Waals surface area contributed by atoms with Crippen molar-refractivity contribution in [3.05, 3.63) is 112 Å². The van der Waals surface area contributed by atoms with E-state index >= 15 is 0 Å². The zero-order valence-corrected chi connectivity index (χ0v) is 24.9. The van der Waals surface area contributed by atoms with Gasteiger partial charge in [-0.1, -0.05) is 54.1 Å². The van der Waals surface area contributed by atoms with Gasteiger partial charge >= 0.3 is 0 Å². The predicted octanol–water partition coefficient (Wildman–Crippen LogP) is 6.27. The molecule has 0 saturated carbocycles. The monoisotopic (exact) mass is 586 g/mol. The molecule has 0 radical (unpaired) electrons. The highest BCUT2D eigenvalue weighted by Crippen LogP contribution is 2.34. The fourth-order valence-corrected chi connectivity index (χ4v) is 6.93. The van der Waals surface area contributed by atoms with Gasteiger partial charge in [0.1, 0.15) is 0 Å². The summed E-state index contributed by atoms with van der Waals surface area (Å²) in [5.41, 5.74) is 5.09. The molecule has 4 aromatic rings. The molecule has 1 aromatic heterocycles. The Bertz CT molecular complexity index is 1520. The van der Waals surface area contributed by atoms with Crippen molar-refractivity contribution in [1.29, 1.82) is 0 Å². The number of carbonyl (C=O) groups excluding carboxylic acids is 1. The minimum absolute atomic E-state index is 0.0684. The zero-order chi connectivity index (χ0) is 28.3. The summed E-state index contributed by atoms with van der Waals surface area (Å²) < 4.78 is 13.8. The summed E-state index contributed by atoms with van der Waals surface area (Å²) in [5, 5.41) is 5.45. The first-order valence-electron chi connectivity index (χ1n) is 14.3. The summed E-state index contributed by atoms with van der Waals surface area (Å²) in [6, 6.07) is 26.2. The number of likely N-dealkylation sites (tertiary alicyclic amines) is 2. The first kappa shape index (κ1) is 27.9. The van der Waals surface area contributed by atoms with Gasteiger partial charge in [0.15, 0.2) is 0 Å². The van der Waals surface area contributed by atoms with Crippen molar-refractivity contribution >= 4 is 28.3 Å². The maximum atomic E-state index is 14.1. The Hall–Kier alpha value is -3.26. The van der Waals surface area contributed by atoms with Gasteiger partial charge in [-0.25, -0.2) is 4.68 Å². The Labute approximate surface area is 249 Å². The average Bonchev–Trinajstić information content (AvgIpc) is 3.67. The van der Waals surface area contributed by atoms with Crippen LogP contribution in [0.3, 0.4) is 0 Å². The van der Waals surface area contributed by atoms with Gasteiger partial charge in [0.2, 0.25) is 0 Å². The van der Waals surface area contributed by atoms with Crippen LogP contribution >= 0.6 is 11.6 Å². The molecule has 0 aliphatic carbocycles. The predicted molar refractivity (Wildman–Crippen MR) is 164 cm³/mol. The normalized spacial score (nSPS) is 20.3. The largest absolute Gasteiger partial charge is 0.338 e. The van der Waals surface area contributed by atoms with Crippen molar-refractivity contribution < 1.29 is 9.00 Å². The van der Waals surface area contributed by atoms with Crippen molar-refractivity contribution in [3.8, 4) is 5.69 Å². The Kier molecular flexibility index (Phi) is 8.37. The molecular weight excluding hydrogens is 552 g/mol. The van der Waals surface area contributed by atoms with Crippen LogP contribution in [-0.4, -0.2) is 62.1 Å². The SMILES string of the molecule is CS(=O)c1ccc(CN2CCCC(c3c(C(=O)N4CC[C@H](c5ccccc5)C4)cnn3-c3ccc(Cl)cc3)C2)cc1. The van der Waals surface area contributed by atoms with Crippen molar-refractivity contribution in [2.45, 2.75) is 42.5 Å². The average molecular weight is 587 g/mol. The molecule has 0 N–H and O–H groups in total. The lowest BCUT2D eigenvalue weighted by molar-refractivity contribution is 0.0787. The molecule has 2 fully saturated rings. The molecule has 212 valence electrons. The molecule has 6 rings (SSSR count). The molecule has 3 heterocycles. The zero-order valence-electron chi connectivity index (χ0n) is 23.3. The molecule has 3 atom stereocenters. The van der Waals surface area contributed by atoms with Gasteiger partial charge in [0.05, 0.1) is 23.1 Å². The first-order valence-corrected chi connectivity index (χ1v) is 16.2. The topological polar surface area (TPSA) is 58.4 Å². The van der Waals surface area contributed by atoms with Crippen molar-refractivity contribution in [2.75, 3.05) is 32.4 Å². The van der Waals surface area contributed by atoms with E-state index < -0.39 is 10.8 Å². The first-order chi connectivity index (χ1) is 20.0. The van der Waals surface area contributed by atoms with Gasteiger partial charge in [-0.05, 0) is 73.3 Å². The highest BCUT2D eigenvalue weighted by Gasteiger charge is 2.34. The number of hydrogen-bond donors (Lipinski definition) is 0. The van der Waals surface area contributed by atoms with Crippen LogP contribution in [0.15, 0.2) is 90.0 Å². The van der Waals surface area contributed by atoms with E-state index in [-0.39, 0.29) is 11.8 Å². The van der Waals surface area contributed by atoms with Crippen LogP contribution in [0.1, 0.15) is 58.3 Å². The molecule has 1 amide bonds. The number of carbonyl (C=O) groups is 1. The van der Waals surface area contributed by atoms with E-state index in [2.05, 4.69) is 41.3 Å². The number of amides is 1. The number of aromatic nitrogens is 2. The molecule has 41 heavy (non-hydrogen) atoms. The van der Waals surface area contributed by atoms with Crippen LogP contribution in [0, 0.1) is 0 Å². The summed E-state index contributed by atoms with van der Waals surface area (Å²) >= 11 is 6.20. The van der Waals surface area contributed by atoms with E-state index in [1.807, 2.05) is 52.0 Å². The van der Waals surface area contributed by atoms with Crippen LogP contribution in [0.5, 0.6) is 0 Å². The van der Waals surface area contributed by atoms with Crippen LogP contribution in [0.4, 0.5) is 0 Å². The van der Waals surface area contributed by atoms with E-state index in [9.17, 15) is 9.00 Å². The van der Waals surface area contributed by atoms with E-state index in [1.54, 1.807) is 12.5 Å². The number of piperidine rings is 1. The number of halogens is 1. The van der Waals surface area contributed by atoms with Gasteiger partial charge in [-0.15, -0.1) is 0 Å². The minimum atomic E-state index is -0.982. The Morgan fingerprint density at radius 2 is 1.68 bits per heavy atom. The maximum Gasteiger partial charge on any atom is 0.257 e. The van der Waals surface area contributed by atoms with E-state index in [4.69, 9.17) is 16.7 Å². The van der Waals surface area contributed by atoms with Crippen LogP contribution in [-0.2, 0) is 17.3 Å². The highest BCUT2D eigenvalue weighted by atomic mass is 35.5. The molecule has 8 heteroatoms. The summed E-state index contributed by atoms with van der Waals surface area (Å²) in [6.45, 7) is 4.13. The van der Waals surface area contributed by atoms with Gasteiger partial charge in [0, 0.05) is 65.0 Å². The lowest BCUT2D eigenvalue weighted by Gasteiger charge is -2.33. The summed E-state index contributed by atoms with van der Waals surface area (Å²) in [7, 11) is -0.982. The van der Waals surface area contributed by atoms with Crippen LogP contribution in [0.25, 0.3) is 5.69 Å². The molecule has 6 nitrogen and oxygen atoms in total. The minimum Gasteiger partial charge on any atom is -0.338 e. The quantitative estimate of drug-likeness (QED) is 0.256. The van der Waals surface area contributed by atoms with Crippen LogP contribution in [0.2, 0.25) is 5.02 Å². The standard InChI is InChI=1S/C33H35ClN4O2S/c1-41(40)30-15-9-24(10-16-30)21-36-18-5-8-27(22-36)32-31(20-35-38(32)29-13-11-28(34)12-14-29)33(39)37-19-17-26(23-37)25-6-3-2-4-7-25/h2-4,6-7,9-16,20,26-27H,5,8,17-19,21-23H2,1H3/t26-,27?,41?/m0/s1. The van der Waals surface area contributed by atoms with Crippen molar-refractivity contribution in [3.63, 3.8) is 0 Å². The number of benzene rings is 3. The Morgan fingerprint density at radius 3 is 2.41 bits per heavy atom. The molecule has 0 spiro atoms. The summed E-state index contributed by atoms with van der Waals surface area (Å²) in [5.74, 6) is 0.589. The second-order valence-electron chi connectivity index (χ2n) is 11.2. The number of nitrogens with zero attached hydrogens (tertiary/aromatic N) is 4. The maximum absolute atomic E-state index is 14.1. The summed E-state index contributed by atoms with van der Waals surface area (Å²) in [6.07, 6.45) is 6.48. The smallest absolute Gasteiger partial charge is 0.257 e. The molecule has 2 saturated heterocycles. The van der Waals surface area contributed by atoms with Gasteiger partial charge in [0.25, 0.3) is 5.91 Å². The third-order valence-electron chi connectivity index (χ3n) is 8.41. The Balaban J connectivity index is 1.27. The second kappa shape index (κ2) is 12.3. The van der Waals surface area contributed by atoms with Crippen molar-refractivity contribution in [1.82, 2.24) is 19.6 Å². The lowest BCUT2D eigenvalue weighted by Crippen LogP contribution is -2.36. The molecule has 3 aromatic carbocycles. The second-order valence-corrected chi connectivity index (χ2v) is 13.0. The highest BCUT2D eigenvalue weighted by molar-refractivity contribution is 7.84. The van der Waals surface area contributed by atoms with Gasteiger partial charge in [-0.3, -0.25) is 13.9 Å². The summed E-state index contributed by atoms with van der Waals surface area (Å²) in [4.78, 5) is 19.4. The third-order valence-corrected chi connectivity index (χ3v) is 9.60. The number of rotatable bonds is 7. The molecule has 2 aliphatic rings. The molecule has 0 bridgehead atoms. The lowest BCUT2D eigenvalue weighted by atomic mass is 9.91. The molecular formula is C33H35ClN4O2S. The number of hydrogen-bond acceptors (Lipinski definition) is 4. The molecule has 2 aliphatic heterocycles. The Morgan fingerprint density at radius 1 is 0.927 bits per heavy atom. The van der Waals surface area contributed by atoms with E-state index in [0.29, 0.717) is 16.5 Å². The van der Waals surface area contributed by atoms with Gasteiger partial charge < -0.3 is 4.90 Å². The van der Waals surface area contributed by atoms with Crippen LogP contribution < -0.4 is 0 Å². The van der Waals surface area contributed by atoms with Crippen molar-refractivity contribution in [2.24, 2.45) is 0 Å². The van der Waals surface area contributed by atoms with Gasteiger partial charge in [-0.2, -0.15) is 5.10 Å².